The number of thioether (sulfide) groups is 1. The van der Waals surface area contributed by atoms with Gasteiger partial charge in [0.25, 0.3) is 11.8 Å². The van der Waals surface area contributed by atoms with E-state index in [-0.39, 0.29) is 23.9 Å². The van der Waals surface area contributed by atoms with Gasteiger partial charge < -0.3 is 20.1 Å². The van der Waals surface area contributed by atoms with Crippen molar-refractivity contribution in [2.24, 2.45) is 0 Å². The summed E-state index contributed by atoms with van der Waals surface area (Å²) in [5.74, 6) is -0.685. The van der Waals surface area contributed by atoms with Gasteiger partial charge in [-0.2, -0.15) is 0 Å². The molecule has 1 saturated heterocycles. The number of imide groups is 1. The molecule has 45 heavy (non-hydrogen) atoms. The number of amides is 4. The van der Waals surface area contributed by atoms with Crippen molar-refractivity contribution in [2.75, 3.05) is 24.4 Å². The van der Waals surface area contributed by atoms with Crippen molar-refractivity contribution >= 4 is 68.8 Å². The summed E-state index contributed by atoms with van der Waals surface area (Å²) in [6, 6.07) is 27.7. The molecule has 1 unspecified atom stereocenters. The van der Waals surface area contributed by atoms with Gasteiger partial charge in [-0.25, -0.2) is 4.90 Å². The molecular formula is C34H28BrN3O6S. The zero-order valence-electron chi connectivity index (χ0n) is 24.3. The Bertz CT molecular complexity index is 1760. The highest BCUT2D eigenvalue weighted by atomic mass is 79.9. The summed E-state index contributed by atoms with van der Waals surface area (Å²) in [6.07, 6.45) is 1.60. The molecule has 0 bridgehead atoms. The predicted octanol–water partition coefficient (Wildman–Crippen LogP) is 6.30. The molecule has 0 spiro atoms. The molecule has 4 aromatic carbocycles. The molecule has 1 heterocycles. The first-order chi connectivity index (χ1) is 21.8. The van der Waals surface area contributed by atoms with Gasteiger partial charge in [-0.3, -0.25) is 19.2 Å². The van der Waals surface area contributed by atoms with Crippen LogP contribution < -0.4 is 25.0 Å². The van der Waals surface area contributed by atoms with Gasteiger partial charge in [0.05, 0.1) is 25.2 Å². The second-order valence-electron chi connectivity index (χ2n) is 9.79. The molecule has 2 N–H and O–H groups in total. The van der Waals surface area contributed by atoms with Gasteiger partial charge in [-0.1, -0.05) is 46.3 Å². The Morgan fingerprint density at radius 1 is 0.889 bits per heavy atom. The summed E-state index contributed by atoms with van der Waals surface area (Å²) < 4.78 is 11.7. The first-order valence-electron chi connectivity index (χ1n) is 13.8. The molecule has 1 fully saturated rings. The van der Waals surface area contributed by atoms with E-state index in [1.54, 1.807) is 97.1 Å². The van der Waals surface area contributed by atoms with Crippen LogP contribution in [0.25, 0.3) is 6.08 Å². The molecule has 11 heteroatoms. The molecule has 228 valence electrons. The number of carbonyl (C=O) groups is 4. The number of methoxy groups -OCH3 is 2. The minimum atomic E-state index is -0.567. The number of ether oxygens (including phenoxy) is 2. The summed E-state index contributed by atoms with van der Waals surface area (Å²) in [7, 11) is 3.00. The fraction of sp³-hybridized carbons (Fsp3) is 0.118. The molecule has 4 aromatic rings. The summed E-state index contributed by atoms with van der Waals surface area (Å²) in [6.45, 7) is 0. The van der Waals surface area contributed by atoms with E-state index in [0.717, 1.165) is 9.37 Å². The van der Waals surface area contributed by atoms with Crippen molar-refractivity contribution in [1.82, 2.24) is 5.32 Å². The second kappa shape index (κ2) is 14.3. The lowest BCUT2D eigenvalue weighted by molar-refractivity contribution is -0.121. The third kappa shape index (κ3) is 7.44. The topological polar surface area (TPSA) is 114 Å². The number of para-hydroxylation sites is 1. The first-order valence-corrected chi connectivity index (χ1v) is 15.4. The summed E-state index contributed by atoms with van der Waals surface area (Å²) >= 11 is 4.65. The predicted molar refractivity (Wildman–Crippen MR) is 177 cm³/mol. The average Bonchev–Trinajstić information content (AvgIpc) is 3.33. The van der Waals surface area contributed by atoms with E-state index in [9.17, 15) is 19.2 Å². The minimum absolute atomic E-state index is 0.0167. The van der Waals surface area contributed by atoms with Crippen LogP contribution in [0.4, 0.5) is 11.4 Å². The standard InChI is InChI=1S/C34H28BrN3O6S/c1-43-28-10-6-9-22(31(28)44-2)19-27(37-32(40)21-7-4-3-5-8-21)33(41)36-24-13-17-26(18-14-24)45-29-20-30(39)38(34(29)42)25-15-11-23(35)12-16-25/h3-19,29H,20H2,1-2H3,(H,36,41)(H,37,40)/b27-19-. The number of rotatable bonds is 10. The van der Waals surface area contributed by atoms with E-state index < -0.39 is 17.1 Å². The Labute approximate surface area is 272 Å². The van der Waals surface area contributed by atoms with E-state index >= 15 is 0 Å². The number of carbonyl (C=O) groups excluding carboxylic acids is 4. The molecule has 1 aliphatic heterocycles. The van der Waals surface area contributed by atoms with Gasteiger partial charge in [0.1, 0.15) is 5.70 Å². The molecule has 1 atom stereocenters. The van der Waals surface area contributed by atoms with Crippen LogP contribution in [0.1, 0.15) is 22.3 Å². The number of halogens is 1. The SMILES string of the molecule is COc1cccc(/C=C(\NC(=O)c2ccccc2)C(=O)Nc2ccc(SC3CC(=O)N(c4ccc(Br)cc4)C3=O)cc2)c1OC. The van der Waals surface area contributed by atoms with Crippen LogP contribution in [-0.4, -0.2) is 43.1 Å². The van der Waals surface area contributed by atoms with E-state index in [4.69, 9.17) is 9.47 Å². The van der Waals surface area contributed by atoms with Gasteiger partial charge >= 0.3 is 0 Å². The smallest absolute Gasteiger partial charge is 0.272 e. The third-order valence-corrected chi connectivity index (χ3v) is 8.57. The fourth-order valence-corrected chi connectivity index (χ4v) is 5.98. The third-order valence-electron chi connectivity index (χ3n) is 6.84. The normalized spacial score (nSPS) is 14.7. The van der Waals surface area contributed by atoms with E-state index in [1.807, 2.05) is 0 Å². The van der Waals surface area contributed by atoms with Crippen molar-refractivity contribution in [1.29, 1.82) is 0 Å². The van der Waals surface area contributed by atoms with Crippen LogP contribution in [0.2, 0.25) is 0 Å². The van der Waals surface area contributed by atoms with Crippen molar-refractivity contribution in [2.45, 2.75) is 16.6 Å². The Balaban J connectivity index is 1.32. The van der Waals surface area contributed by atoms with Crippen molar-refractivity contribution in [3.63, 3.8) is 0 Å². The largest absolute Gasteiger partial charge is 0.493 e. The van der Waals surface area contributed by atoms with Gasteiger partial charge in [0.2, 0.25) is 11.8 Å². The molecule has 0 saturated carbocycles. The Morgan fingerprint density at radius 2 is 1.60 bits per heavy atom. The number of anilines is 2. The number of nitrogens with one attached hydrogen (secondary N) is 2. The lowest BCUT2D eigenvalue weighted by Gasteiger charge is -2.15. The Morgan fingerprint density at radius 3 is 2.27 bits per heavy atom. The van der Waals surface area contributed by atoms with Crippen LogP contribution >= 0.6 is 27.7 Å². The average molecular weight is 687 g/mol. The second-order valence-corrected chi connectivity index (χ2v) is 12.0. The van der Waals surface area contributed by atoms with Gasteiger partial charge in [-0.05, 0) is 72.8 Å². The van der Waals surface area contributed by atoms with Crippen molar-refractivity contribution in [3.8, 4) is 11.5 Å². The number of nitrogens with zero attached hydrogens (tertiary/aromatic N) is 1. The lowest BCUT2D eigenvalue weighted by atomic mass is 10.1. The van der Waals surface area contributed by atoms with Crippen molar-refractivity contribution < 1.29 is 28.7 Å². The molecular weight excluding hydrogens is 658 g/mol. The van der Waals surface area contributed by atoms with Crippen molar-refractivity contribution in [3.05, 3.63) is 118 Å². The number of benzene rings is 4. The van der Waals surface area contributed by atoms with E-state index in [1.165, 1.54) is 37.0 Å². The molecule has 0 aliphatic carbocycles. The molecule has 9 nitrogen and oxygen atoms in total. The summed E-state index contributed by atoms with van der Waals surface area (Å²) in [5.41, 5.74) is 1.89. The van der Waals surface area contributed by atoms with Crippen LogP contribution in [0, 0.1) is 0 Å². The fourth-order valence-electron chi connectivity index (χ4n) is 4.66. The van der Waals surface area contributed by atoms with E-state index in [2.05, 4.69) is 26.6 Å². The Kier molecular flexibility index (Phi) is 10.0. The van der Waals surface area contributed by atoms with Gasteiger partial charge in [-0.15, -0.1) is 11.8 Å². The first kappa shape index (κ1) is 31.6. The molecule has 1 aliphatic rings. The highest BCUT2D eigenvalue weighted by Gasteiger charge is 2.40. The zero-order valence-corrected chi connectivity index (χ0v) is 26.7. The lowest BCUT2D eigenvalue weighted by Crippen LogP contribution is -2.31. The summed E-state index contributed by atoms with van der Waals surface area (Å²) in [5, 5.41) is 4.96. The van der Waals surface area contributed by atoms with Crippen LogP contribution in [0.5, 0.6) is 11.5 Å². The number of hydrogen-bond donors (Lipinski definition) is 2. The zero-order chi connectivity index (χ0) is 31.9. The monoisotopic (exact) mass is 685 g/mol. The highest BCUT2D eigenvalue weighted by Crippen LogP contribution is 2.35. The molecule has 0 radical (unpaired) electrons. The van der Waals surface area contributed by atoms with Crippen LogP contribution in [-0.2, 0) is 14.4 Å². The molecule has 4 amide bonds. The maximum absolute atomic E-state index is 13.5. The van der Waals surface area contributed by atoms with E-state index in [0.29, 0.717) is 34.0 Å². The highest BCUT2D eigenvalue weighted by molar-refractivity contribution is 9.10. The van der Waals surface area contributed by atoms with Gasteiger partial charge in [0.15, 0.2) is 11.5 Å². The molecule has 0 aromatic heterocycles. The maximum Gasteiger partial charge on any atom is 0.272 e. The molecule has 5 rings (SSSR count). The summed E-state index contributed by atoms with van der Waals surface area (Å²) in [4.78, 5) is 54.2. The van der Waals surface area contributed by atoms with Gasteiger partial charge in [0, 0.05) is 32.6 Å². The van der Waals surface area contributed by atoms with Crippen LogP contribution in [0.3, 0.4) is 0 Å². The number of hydrogen-bond acceptors (Lipinski definition) is 7. The van der Waals surface area contributed by atoms with Crippen LogP contribution in [0.15, 0.2) is 112 Å². The Hall–Kier alpha value is -4.87. The minimum Gasteiger partial charge on any atom is -0.493 e. The maximum atomic E-state index is 13.5. The quantitative estimate of drug-likeness (QED) is 0.149.